The lowest BCUT2D eigenvalue weighted by Gasteiger charge is -2.33. The Bertz CT molecular complexity index is 917. The first-order valence-corrected chi connectivity index (χ1v) is 9.90. The molecule has 0 unspecified atom stereocenters. The molecule has 3 rings (SSSR count). The smallest absolute Gasteiger partial charge is 0.262 e. The van der Waals surface area contributed by atoms with Crippen LogP contribution in [0, 0.1) is 0 Å². The van der Waals surface area contributed by atoms with E-state index in [1.807, 2.05) is 0 Å². The second kappa shape index (κ2) is 7.99. The van der Waals surface area contributed by atoms with E-state index < -0.39 is 22.0 Å². The van der Waals surface area contributed by atoms with Crippen LogP contribution in [0.1, 0.15) is 17.0 Å². The van der Waals surface area contributed by atoms with Crippen LogP contribution in [0.4, 0.5) is 0 Å². The molecule has 2 aromatic rings. The fourth-order valence-electron chi connectivity index (χ4n) is 2.99. The fourth-order valence-corrected chi connectivity index (χ4v) is 4.59. The molecule has 2 N–H and O–H groups in total. The van der Waals surface area contributed by atoms with Crippen molar-refractivity contribution in [2.75, 3.05) is 12.9 Å². The summed E-state index contributed by atoms with van der Waals surface area (Å²) >= 11 is 0. The predicted octanol–water partition coefficient (Wildman–Crippen LogP) is 0.290. The highest BCUT2D eigenvalue weighted by Crippen LogP contribution is 2.24. The van der Waals surface area contributed by atoms with Crippen LogP contribution in [0.25, 0.3) is 0 Å². The fraction of sp³-hybridized carbons (Fsp3) is 0.353. The largest absolute Gasteiger partial charge is 0.497 e. The summed E-state index contributed by atoms with van der Waals surface area (Å²) in [6.45, 7) is -0.0633. The SMILES string of the molecule is COc1ccc(CCS(=O)(=O)N2Cc3nccnc3C[C@@H]2C(=O)NO)cc1. The highest BCUT2D eigenvalue weighted by Gasteiger charge is 2.39. The molecule has 0 saturated carbocycles. The first-order chi connectivity index (χ1) is 12.9. The van der Waals surface area contributed by atoms with Gasteiger partial charge in [-0.15, -0.1) is 0 Å². The molecule has 1 aromatic heterocycles. The third-order valence-corrected chi connectivity index (χ3v) is 6.30. The third kappa shape index (κ3) is 4.24. The molecule has 9 nitrogen and oxygen atoms in total. The van der Waals surface area contributed by atoms with Gasteiger partial charge in [0, 0.05) is 18.8 Å². The lowest BCUT2D eigenvalue weighted by atomic mass is 10.0. The Balaban J connectivity index is 1.80. The highest BCUT2D eigenvalue weighted by atomic mass is 32.2. The Morgan fingerprint density at radius 1 is 1.26 bits per heavy atom. The van der Waals surface area contributed by atoms with E-state index in [1.165, 1.54) is 12.4 Å². The average molecular weight is 392 g/mol. The molecule has 2 heterocycles. The van der Waals surface area contributed by atoms with Gasteiger partial charge in [-0.3, -0.25) is 20.0 Å². The predicted molar refractivity (Wildman–Crippen MR) is 95.5 cm³/mol. The van der Waals surface area contributed by atoms with Crippen LogP contribution in [0.2, 0.25) is 0 Å². The second-order valence-electron chi connectivity index (χ2n) is 6.11. The Labute approximate surface area is 157 Å². The van der Waals surface area contributed by atoms with Crippen molar-refractivity contribution in [1.82, 2.24) is 19.8 Å². The molecule has 1 aromatic carbocycles. The van der Waals surface area contributed by atoms with E-state index in [9.17, 15) is 13.2 Å². The van der Waals surface area contributed by atoms with Crippen LogP contribution >= 0.6 is 0 Å². The molecule has 1 aliphatic heterocycles. The molecule has 144 valence electrons. The Morgan fingerprint density at radius 3 is 2.56 bits per heavy atom. The van der Waals surface area contributed by atoms with Crippen LogP contribution in [0.5, 0.6) is 5.75 Å². The third-order valence-electron chi connectivity index (χ3n) is 4.48. The van der Waals surface area contributed by atoms with Crippen LogP contribution in [0.3, 0.4) is 0 Å². The summed E-state index contributed by atoms with van der Waals surface area (Å²) in [4.78, 5) is 20.4. The summed E-state index contributed by atoms with van der Waals surface area (Å²) in [5, 5.41) is 9.01. The standard InChI is InChI=1S/C17H20N4O5S/c1-26-13-4-2-12(3-5-13)6-9-27(24,25)21-11-15-14(18-7-8-19-15)10-16(21)17(22)20-23/h2-5,7-8,16,23H,6,9-11H2,1H3,(H,20,22)/t16-/m1/s1. The zero-order valence-electron chi connectivity index (χ0n) is 14.7. The maximum atomic E-state index is 12.9. The van der Waals surface area contributed by atoms with E-state index in [-0.39, 0.29) is 25.1 Å². The Hall–Kier alpha value is -2.56. The number of rotatable bonds is 6. The maximum absolute atomic E-state index is 12.9. The highest BCUT2D eigenvalue weighted by molar-refractivity contribution is 7.89. The van der Waals surface area contributed by atoms with Crippen molar-refractivity contribution in [2.24, 2.45) is 0 Å². The van der Waals surface area contributed by atoms with Gasteiger partial charge in [0.05, 0.1) is 30.8 Å². The van der Waals surface area contributed by atoms with Crippen molar-refractivity contribution < 1.29 is 23.2 Å². The van der Waals surface area contributed by atoms with Gasteiger partial charge < -0.3 is 4.74 Å². The summed E-state index contributed by atoms with van der Waals surface area (Å²) in [5.41, 5.74) is 3.44. The molecule has 0 fully saturated rings. The minimum atomic E-state index is -3.78. The minimum Gasteiger partial charge on any atom is -0.497 e. The zero-order valence-corrected chi connectivity index (χ0v) is 15.5. The number of nitrogens with one attached hydrogen (secondary N) is 1. The number of carbonyl (C=O) groups is 1. The average Bonchev–Trinajstić information content (AvgIpc) is 2.71. The molecule has 0 spiro atoms. The second-order valence-corrected chi connectivity index (χ2v) is 8.15. The van der Waals surface area contributed by atoms with Gasteiger partial charge in [-0.1, -0.05) is 12.1 Å². The molecule has 27 heavy (non-hydrogen) atoms. The van der Waals surface area contributed by atoms with E-state index in [0.717, 1.165) is 9.87 Å². The number of hydrogen-bond acceptors (Lipinski definition) is 7. The number of benzene rings is 1. The van der Waals surface area contributed by atoms with Crippen LogP contribution in [-0.2, 0) is 34.2 Å². The first-order valence-electron chi connectivity index (χ1n) is 8.30. The summed E-state index contributed by atoms with van der Waals surface area (Å²) in [6.07, 6.45) is 3.30. The van der Waals surface area contributed by atoms with Gasteiger partial charge in [0.1, 0.15) is 11.8 Å². The van der Waals surface area contributed by atoms with Gasteiger partial charge in [0.2, 0.25) is 10.0 Å². The summed E-state index contributed by atoms with van der Waals surface area (Å²) in [6, 6.07) is 6.04. The van der Waals surface area contributed by atoms with Crippen molar-refractivity contribution >= 4 is 15.9 Å². The summed E-state index contributed by atoms with van der Waals surface area (Å²) < 4.78 is 32.0. The number of methoxy groups -OCH3 is 1. The maximum Gasteiger partial charge on any atom is 0.262 e. The van der Waals surface area contributed by atoms with Gasteiger partial charge in [-0.25, -0.2) is 13.9 Å². The lowest BCUT2D eigenvalue weighted by molar-refractivity contribution is -0.133. The molecule has 10 heteroatoms. The molecule has 0 aliphatic carbocycles. The van der Waals surface area contributed by atoms with E-state index >= 15 is 0 Å². The van der Waals surface area contributed by atoms with E-state index in [0.29, 0.717) is 17.1 Å². The quantitative estimate of drug-likeness (QED) is 0.535. The number of ether oxygens (including phenoxy) is 1. The van der Waals surface area contributed by atoms with Gasteiger partial charge in [0.25, 0.3) is 5.91 Å². The minimum absolute atomic E-state index is 0.0529. The summed E-state index contributed by atoms with van der Waals surface area (Å²) in [7, 11) is -2.22. The number of amides is 1. The van der Waals surface area contributed by atoms with E-state index in [1.54, 1.807) is 36.9 Å². The topological polar surface area (TPSA) is 122 Å². The number of nitrogens with zero attached hydrogens (tertiary/aromatic N) is 3. The van der Waals surface area contributed by atoms with E-state index in [4.69, 9.17) is 9.94 Å². The van der Waals surface area contributed by atoms with Crippen molar-refractivity contribution in [3.05, 3.63) is 53.6 Å². The molecule has 1 amide bonds. The lowest BCUT2D eigenvalue weighted by Crippen LogP contribution is -2.53. The number of aryl methyl sites for hydroxylation is 1. The van der Waals surface area contributed by atoms with Crippen molar-refractivity contribution in [1.29, 1.82) is 0 Å². The molecule has 0 radical (unpaired) electrons. The monoisotopic (exact) mass is 392 g/mol. The molecule has 0 saturated heterocycles. The number of fused-ring (bicyclic) bond motifs is 1. The molecule has 1 aliphatic rings. The van der Waals surface area contributed by atoms with Crippen molar-refractivity contribution in [2.45, 2.75) is 25.4 Å². The van der Waals surface area contributed by atoms with Gasteiger partial charge >= 0.3 is 0 Å². The Kier molecular flexibility index (Phi) is 5.68. The van der Waals surface area contributed by atoms with Crippen LogP contribution < -0.4 is 10.2 Å². The molecule has 1 atom stereocenters. The van der Waals surface area contributed by atoms with Gasteiger partial charge in [0.15, 0.2) is 0 Å². The summed E-state index contributed by atoms with van der Waals surface area (Å²) in [5.74, 6) is -0.281. The number of carbonyl (C=O) groups excluding carboxylic acids is 1. The Morgan fingerprint density at radius 2 is 1.93 bits per heavy atom. The number of sulfonamides is 1. The number of aromatic nitrogens is 2. The van der Waals surface area contributed by atoms with Gasteiger partial charge in [-0.2, -0.15) is 4.31 Å². The zero-order chi connectivity index (χ0) is 19.4. The number of hydrogen-bond donors (Lipinski definition) is 2. The molecular formula is C17H20N4O5S. The van der Waals surface area contributed by atoms with Crippen LogP contribution in [0.15, 0.2) is 36.7 Å². The molecular weight excluding hydrogens is 372 g/mol. The normalized spacial score (nSPS) is 17.2. The molecule has 0 bridgehead atoms. The first kappa shape index (κ1) is 19.2. The van der Waals surface area contributed by atoms with Crippen molar-refractivity contribution in [3.63, 3.8) is 0 Å². The van der Waals surface area contributed by atoms with E-state index in [2.05, 4.69) is 9.97 Å². The van der Waals surface area contributed by atoms with Crippen molar-refractivity contribution in [3.8, 4) is 5.75 Å². The van der Waals surface area contributed by atoms with Crippen LogP contribution in [-0.4, -0.2) is 52.7 Å². The number of hydroxylamine groups is 1. The van der Waals surface area contributed by atoms with Gasteiger partial charge in [-0.05, 0) is 24.1 Å².